The Kier molecular flexibility index (Phi) is 4.07. The minimum absolute atomic E-state index is 0.0879. The second-order valence-corrected chi connectivity index (χ2v) is 4.34. The Morgan fingerprint density at radius 2 is 2.20 bits per heavy atom. The third-order valence-corrected chi connectivity index (χ3v) is 2.88. The second-order valence-electron chi connectivity index (χ2n) is 4.34. The Balaban J connectivity index is 2.68. The molecular weight excluding hydrogens is 196 g/mol. The monoisotopic (exact) mass is 216 g/mol. The summed E-state index contributed by atoms with van der Waals surface area (Å²) in [5.74, 6) is -0.152. The number of amides is 1. The van der Waals surface area contributed by atoms with Crippen molar-refractivity contribution in [1.82, 2.24) is 10.2 Å². The molecule has 3 N–H and O–H groups in total. The molecule has 0 aromatic carbocycles. The van der Waals surface area contributed by atoms with Crippen LogP contribution in [0.4, 0.5) is 0 Å². The van der Waals surface area contributed by atoms with Crippen molar-refractivity contribution in [1.29, 1.82) is 0 Å². The van der Waals surface area contributed by atoms with Crippen LogP contribution in [0.3, 0.4) is 0 Å². The first-order valence-electron chi connectivity index (χ1n) is 5.29. The van der Waals surface area contributed by atoms with Gasteiger partial charge in [0.2, 0.25) is 5.91 Å². The Hall–Kier alpha value is -0.650. The smallest absolute Gasteiger partial charge is 0.217 e. The van der Waals surface area contributed by atoms with E-state index in [1.165, 1.54) is 6.92 Å². The van der Waals surface area contributed by atoms with Crippen LogP contribution in [0.1, 0.15) is 20.8 Å². The molecule has 1 aliphatic rings. The molecule has 5 nitrogen and oxygen atoms in total. The molecular formula is C10H20N2O3. The van der Waals surface area contributed by atoms with E-state index in [9.17, 15) is 15.0 Å². The van der Waals surface area contributed by atoms with Gasteiger partial charge in [-0.1, -0.05) is 0 Å². The van der Waals surface area contributed by atoms with Crippen molar-refractivity contribution >= 4 is 5.91 Å². The molecule has 1 rings (SSSR count). The van der Waals surface area contributed by atoms with Gasteiger partial charge in [0.25, 0.3) is 0 Å². The molecule has 0 aromatic rings. The number of nitrogens with zero attached hydrogens (tertiary/aromatic N) is 1. The molecule has 5 heteroatoms. The average molecular weight is 216 g/mol. The molecule has 0 saturated carbocycles. The maximum absolute atomic E-state index is 10.9. The zero-order chi connectivity index (χ0) is 11.6. The molecule has 0 aromatic heterocycles. The lowest BCUT2D eigenvalue weighted by Gasteiger charge is -2.27. The molecule has 0 spiro atoms. The summed E-state index contributed by atoms with van der Waals surface area (Å²) >= 11 is 0. The van der Waals surface area contributed by atoms with Gasteiger partial charge in [0.1, 0.15) is 0 Å². The van der Waals surface area contributed by atoms with Crippen molar-refractivity contribution in [3.8, 4) is 0 Å². The number of aliphatic hydroxyl groups is 2. The van der Waals surface area contributed by atoms with Crippen molar-refractivity contribution < 1.29 is 15.0 Å². The van der Waals surface area contributed by atoms with Crippen LogP contribution in [-0.4, -0.2) is 58.4 Å². The predicted octanol–water partition coefficient (Wildman–Crippen LogP) is -1.06. The highest BCUT2D eigenvalue weighted by Crippen LogP contribution is 2.20. The maximum Gasteiger partial charge on any atom is 0.217 e. The number of aliphatic hydroxyl groups excluding tert-OH is 2. The van der Waals surface area contributed by atoms with Crippen LogP contribution in [0.15, 0.2) is 0 Å². The Morgan fingerprint density at radius 3 is 2.53 bits per heavy atom. The van der Waals surface area contributed by atoms with Crippen molar-refractivity contribution in [3.05, 3.63) is 0 Å². The van der Waals surface area contributed by atoms with Gasteiger partial charge in [-0.3, -0.25) is 9.69 Å². The third-order valence-electron chi connectivity index (χ3n) is 2.88. The summed E-state index contributed by atoms with van der Waals surface area (Å²) in [6.45, 7) is 5.94. The lowest BCUT2D eigenvalue weighted by molar-refractivity contribution is -0.120. The summed E-state index contributed by atoms with van der Waals surface area (Å²) in [6.07, 6.45) is -0.693. The molecule has 15 heavy (non-hydrogen) atoms. The van der Waals surface area contributed by atoms with Gasteiger partial charge < -0.3 is 15.5 Å². The van der Waals surface area contributed by atoms with E-state index < -0.39 is 6.10 Å². The SMILES string of the molecule is CC(=O)NC1CN(C(C)C)C(CO)C1O. The third kappa shape index (κ3) is 2.68. The van der Waals surface area contributed by atoms with E-state index in [-0.39, 0.29) is 30.6 Å². The van der Waals surface area contributed by atoms with E-state index >= 15 is 0 Å². The predicted molar refractivity (Wildman–Crippen MR) is 56.3 cm³/mol. The van der Waals surface area contributed by atoms with Gasteiger partial charge in [0.05, 0.1) is 24.8 Å². The fourth-order valence-corrected chi connectivity index (χ4v) is 2.13. The molecule has 1 saturated heterocycles. The standard InChI is InChI=1S/C10H20N2O3/c1-6(2)12-4-8(11-7(3)14)10(15)9(12)5-13/h6,8-10,13,15H,4-5H2,1-3H3,(H,11,14). The van der Waals surface area contributed by atoms with Gasteiger partial charge >= 0.3 is 0 Å². The van der Waals surface area contributed by atoms with Gasteiger partial charge in [0, 0.05) is 19.5 Å². The highest BCUT2D eigenvalue weighted by atomic mass is 16.3. The minimum atomic E-state index is -0.693. The second kappa shape index (κ2) is 4.92. The molecule has 1 fully saturated rings. The lowest BCUT2D eigenvalue weighted by atomic mass is 10.1. The van der Waals surface area contributed by atoms with E-state index in [4.69, 9.17) is 0 Å². The summed E-state index contributed by atoms with van der Waals surface area (Å²) < 4.78 is 0. The molecule has 1 aliphatic heterocycles. The van der Waals surface area contributed by atoms with E-state index in [0.717, 1.165) is 0 Å². The lowest BCUT2D eigenvalue weighted by Crippen LogP contribution is -2.44. The van der Waals surface area contributed by atoms with Crippen molar-refractivity contribution in [2.24, 2.45) is 0 Å². The van der Waals surface area contributed by atoms with Gasteiger partial charge in [-0.15, -0.1) is 0 Å². The molecule has 0 radical (unpaired) electrons. The van der Waals surface area contributed by atoms with Crippen LogP contribution >= 0.6 is 0 Å². The average Bonchev–Trinajstić information content (AvgIpc) is 2.43. The number of carbonyl (C=O) groups excluding carboxylic acids is 1. The molecule has 1 amide bonds. The highest BCUT2D eigenvalue weighted by Gasteiger charge is 2.41. The zero-order valence-electron chi connectivity index (χ0n) is 9.47. The topological polar surface area (TPSA) is 72.8 Å². The maximum atomic E-state index is 10.9. The van der Waals surface area contributed by atoms with Crippen LogP contribution in [0.25, 0.3) is 0 Å². The van der Waals surface area contributed by atoms with E-state index in [0.29, 0.717) is 6.54 Å². The molecule has 0 aliphatic carbocycles. The number of hydrogen-bond acceptors (Lipinski definition) is 4. The van der Waals surface area contributed by atoms with Crippen molar-refractivity contribution in [2.45, 2.75) is 45.0 Å². The fourth-order valence-electron chi connectivity index (χ4n) is 2.13. The highest BCUT2D eigenvalue weighted by molar-refractivity contribution is 5.73. The summed E-state index contributed by atoms with van der Waals surface area (Å²) in [7, 11) is 0. The number of rotatable bonds is 3. The first-order chi connectivity index (χ1) is 6.97. The van der Waals surface area contributed by atoms with Crippen LogP contribution in [-0.2, 0) is 4.79 Å². The summed E-state index contributed by atoms with van der Waals surface area (Å²) in [5.41, 5.74) is 0. The zero-order valence-corrected chi connectivity index (χ0v) is 9.47. The number of likely N-dealkylation sites (tertiary alicyclic amines) is 1. The normalized spacial score (nSPS) is 32.3. The quantitative estimate of drug-likeness (QED) is 0.562. The molecule has 0 bridgehead atoms. The summed E-state index contributed by atoms with van der Waals surface area (Å²) in [5, 5.41) is 21.8. The Bertz CT molecular complexity index is 233. The number of hydrogen-bond donors (Lipinski definition) is 3. The number of carbonyl (C=O) groups is 1. The molecule has 88 valence electrons. The van der Waals surface area contributed by atoms with Crippen molar-refractivity contribution in [3.63, 3.8) is 0 Å². The van der Waals surface area contributed by atoms with Crippen LogP contribution in [0.2, 0.25) is 0 Å². The van der Waals surface area contributed by atoms with Crippen LogP contribution < -0.4 is 5.32 Å². The fraction of sp³-hybridized carbons (Fsp3) is 0.900. The van der Waals surface area contributed by atoms with Crippen molar-refractivity contribution in [2.75, 3.05) is 13.2 Å². The first-order valence-corrected chi connectivity index (χ1v) is 5.29. The minimum Gasteiger partial charge on any atom is -0.395 e. The number of nitrogens with one attached hydrogen (secondary N) is 1. The van der Waals surface area contributed by atoms with E-state index in [1.807, 2.05) is 18.7 Å². The van der Waals surface area contributed by atoms with Gasteiger partial charge in [-0.05, 0) is 13.8 Å². The summed E-state index contributed by atoms with van der Waals surface area (Å²) in [6, 6.07) is -0.306. The Morgan fingerprint density at radius 1 is 1.60 bits per heavy atom. The first kappa shape index (κ1) is 12.4. The van der Waals surface area contributed by atoms with Gasteiger partial charge in [-0.25, -0.2) is 0 Å². The van der Waals surface area contributed by atoms with E-state index in [2.05, 4.69) is 5.32 Å². The summed E-state index contributed by atoms with van der Waals surface area (Å²) in [4.78, 5) is 12.9. The van der Waals surface area contributed by atoms with E-state index in [1.54, 1.807) is 0 Å². The van der Waals surface area contributed by atoms with Gasteiger partial charge in [-0.2, -0.15) is 0 Å². The largest absolute Gasteiger partial charge is 0.395 e. The Labute approximate surface area is 90.1 Å². The molecule has 1 heterocycles. The molecule has 3 unspecified atom stereocenters. The van der Waals surface area contributed by atoms with Gasteiger partial charge in [0.15, 0.2) is 0 Å². The van der Waals surface area contributed by atoms with Crippen LogP contribution in [0, 0.1) is 0 Å². The van der Waals surface area contributed by atoms with Crippen LogP contribution in [0.5, 0.6) is 0 Å². The molecule has 3 atom stereocenters.